The van der Waals surface area contributed by atoms with E-state index in [1.54, 1.807) is 0 Å². The van der Waals surface area contributed by atoms with Crippen molar-refractivity contribution in [3.63, 3.8) is 0 Å². The van der Waals surface area contributed by atoms with Gasteiger partial charge in [0.1, 0.15) is 5.82 Å². The molecular weight excluding hydrogens is 302 g/mol. The van der Waals surface area contributed by atoms with E-state index in [1.165, 1.54) is 32.4 Å². The zero-order chi connectivity index (χ0) is 16.8. The maximum atomic E-state index is 12.4. The monoisotopic (exact) mass is 333 g/mol. The summed E-state index contributed by atoms with van der Waals surface area (Å²) in [7, 11) is 2.03. The lowest BCUT2D eigenvalue weighted by Crippen LogP contribution is -2.43. The number of carbonyl (C=O) groups excluding carboxylic acids is 1. The van der Waals surface area contributed by atoms with E-state index in [0.29, 0.717) is 0 Å². The maximum Gasteiger partial charge on any atom is 0.223 e. The largest absolute Gasteiger partial charge is 0.355 e. The molecule has 0 spiro atoms. The minimum atomic E-state index is 0.184. The second-order valence-electron chi connectivity index (χ2n) is 7.20. The van der Waals surface area contributed by atoms with Gasteiger partial charge in [0, 0.05) is 38.4 Å². The number of likely N-dealkylation sites (tertiary alicyclic amines) is 2. The van der Waals surface area contributed by atoms with Crippen LogP contribution in [0.2, 0.25) is 0 Å². The van der Waals surface area contributed by atoms with Crippen molar-refractivity contribution in [2.24, 2.45) is 13.0 Å². The van der Waals surface area contributed by atoms with Crippen LogP contribution in [0.3, 0.4) is 0 Å². The predicted molar refractivity (Wildman–Crippen MR) is 94.5 cm³/mol. The van der Waals surface area contributed by atoms with Crippen LogP contribution >= 0.6 is 0 Å². The minimum Gasteiger partial charge on any atom is -0.355 e. The van der Waals surface area contributed by atoms with E-state index in [0.717, 1.165) is 51.4 Å². The fourth-order valence-electron chi connectivity index (χ4n) is 3.77. The number of nitrogens with one attached hydrogen (secondary N) is 1. The zero-order valence-electron chi connectivity index (χ0n) is 14.9. The molecule has 6 heteroatoms. The number of carbonyl (C=O) groups is 1. The lowest BCUT2D eigenvalue weighted by molar-refractivity contribution is -0.126. The second kappa shape index (κ2) is 8.62. The van der Waals surface area contributed by atoms with Crippen molar-refractivity contribution in [3.05, 3.63) is 18.2 Å². The van der Waals surface area contributed by atoms with Crippen molar-refractivity contribution in [1.82, 2.24) is 24.7 Å². The van der Waals surface area contributed by atoms with Crippen molar-refractivity contribution in [3.8, 4) is 0 Å². The van der Waals surface area contributed by atoms with Gasteiger partial charge in [-0.05, 0) is 51.9 Å². The third-order valence-corrected chi connectivity index (χ3v) is 5.42. The van der Waals surface area contributed by atoms with Crippen LogP contribution in [-0.2, 0) is 18.4 Å². The molecule has 3 heterocycles. The molecule has 0 aromatic carbocycles. The predicted octanol–water partition coefficient (Wildman–Crippen LogP) is 1.23. The van der Waals surface area contributed by atoms with Crippen molar-refractivity contribution in [2.45, 2.75) is 38.6 Å². The van der Waals surface area contributed by atoms with E-state index in [9.17, 15) is 4.79 Å². The topological polar surface area (TPSA) is 53.4 Å². The molecule has 3 rings (SSSR count). The van der Waals surface area contributed by atoms with Gasteiger partial charge < -0.3 is 14.8 Å². The highest BCUT2D eigenvalue weighted by atomic mass is 16.1. The number of nitrogens with zero attached hydrogens (tertiary/aromatic N) is 4. The Hall–Kier alpha value is -1.40. The summed E-state index contributed by atoms with van der Waals surface area (Å²) >= 11 is 0. The van der Waals surface area contributed by atoms with Gasteiger partial charge in [-0.3, -0.25) is 9.69 Å². The first-order valence-corrected chi connectivity index (χ1v) is 9.41. The summed E-state index contributed by atoms with van der Waals surface area (Å²) in [6, 6.07) is 0. The number of amides is 1. The Labute approximate surface area is 145 Å². The van der Waals surface area contributed by atoms with Crippen molar-refractivity contribution < 1.29 is 4.79 Å². The van der Waals surface area contributed by atoms with Crippen LogP contribution in [0.5, 0.6) is 0 Å². The SMILES string of the molecule is Cn1ccnc1CN1CCC(C(=O)NCCN2CCCCC2)CC1. The summed E-state index contributed by atoms with van der Waals surface area (Å²) in [5, 5.41) is 3.15. The fraction of sp³-hybridized carbons (Fsp3) is 0.778. The van der Waals surface area contributed by atoms with Crippen LogP contribution < -0.4 is 5.32 Å². The third kappa shape index (κ3) is 4.80. The summed E-state index contributed by atoms with van der Waals surface area (Å²) in [4.78, 5) is 21.6. The van der Waals surface area contributed by atoms with Gasteiger partial charge in [0.25, 0.3) is 0 Å². The van der Waals surface area contributed by atoms with Crippen LogP contribution in [0, 0.1) is 5.92 Å². The standard InChI is InChI=1S/C18H31N5O/c1-21-13-7-19-17(21)15-23-11-5-16(6-12-23)18(24)20-8-14-22-9-3-2-4-10-22/h7,13,16H,2-6,8-12,14-15H2,1H3,(H,20,24). The van der Waals surface area contributed by atoms with Crippen LogP contribution in [-0.4, -0.2) is 64.5 Å². The Kier molecular flexibility index (Phi) is 6.26. The normalized spacial score (nSPS) is 21.0. The molecule has 0 bridgehead atoms. The van der Waals surface area contributed by atoms with Crippen LogP contribution in [0.15, 0.2) is 12.4 Å². The number of aromatic nitrogens is 2. The molecule has 2 aliphatic rings. The van der Waals surface area contributed by atoms with Crippen LogP contribution in [0.4, 0.5) is 0 Å². The van der Waals surface area contributed by atoms with Gasteiger partial charge in [-0.15, -0.1) is 0 Å². The molecule has 1 aromatic rings. The van der Waals surface area contributed by atoms with Crippen molar-refractivity contribution in [2.75, 3.05) is 39.3 Å². The van der Waals surface area contributed by atoms with Gasteiger partial charge in [0.05, 0.1) is 6.54 Å². The first kappa shape index (κ1) is 17.4. The molecule has 24 heavy (non-hydrogen) atoms. The van der Waals surface area contributed by atoms with E-state index < -0.39 is 0 Å². The molecule has 0 aliphatic carbocycles. The average Bonchev–Trinajstić information content (AvgIpc) is 3.01. The Morgan fingerprint density at radius 3 is 2.58 bits per heavy atom. The Morgan fingerprint density at radius 1 is 1.17 bits per heavy atom. The summed E-state index contributed by atoms with van der Waals surface area (Å²) in [5.41, 5.74) is 0. The van der Waals surface area contributed by atoms with Crippen LogP contribution in [0.25, 0.3) is 0 Å². The highest BCUT2D eigenvalue weighted by molar-refractivity contribution is 5.78. The Balaban J connectivity index is 1.33. The number of hydrogen-bond donors (Lipinski definition) is 1. The second-order valence-corrected chi connectivity index (χ2v) is 7.20. The quantitative estimate of drug-likeness (QED) is 0.851. The van der Waals surface area contributed by atoms with Gasteiger partial charge in [-0.1, -0.05) is 6.42 Å². The van der Waals surface area contributed by atoms with E-state index in [-0.39, 0.29) is 11.8 Å². The Bertz CT molecular complexity index is 515. The fourth-order valence-corrected chi connectivity index (χ4v) is 3.77. The summed E-state index contributed by atoms with van der Waals surface area (Å²) < 4.78 is 2.07. The maximum absolute atomic E-state index is 12.4. The Morgan fingerprint density at radius 2 is 1.92 bits per heavy atom. The smallest absolute Gasteiger partial charge is 0.223 e. The first-order chi connectivity index (χ1) is 11.7. The van der Waals surface area contributed by atoms with E-state index in [2.05, 4.69) is 24.7 Å². The summed E-state index contributed by atoms with van der Waals surface area (Å²) in [6.07, 6.45) is 9.72. The molecule has 0 unspecified atom stereocenters. The van der Waals surface area contributed by atoms with E-state index in [4.69, 9.17) is 0 Å². The highest BCUT2D eigenvalue weighted by Crippen LogP contribution is 2.18. The molecule has 1 N–H and O–H groups in total. The molecule has 2 aliphatic heterocycles. The molecule has 0 atom stereocenters. The molecule has 0 radical (unpaired) electrons. The van der Waals surface area contributed by atoms with Crippen LogP contribution in [0.1, 0.15) is 37.9 Å². The average molecular weight is 333 g/mol. The lowest BCUT2D eigenvalue weighted by atomic mass is 9.96. The van der Waals surface area contributed by atoms with Gasteiger partial charge in [0.15, 0.2) is 0 Å². The molecule has 1 amide bonds. The molecule has 6 nitrogen and oxygen atoms in total. The van der Waals surface area contributed by atoms with Gasteiger partial charge in [0.2, 0.25) is 5.91 Å². The molecule has 134 valence electrons. The summed E-state index contributed by atoms with van der Waals surface area (Å²) in [6.45, 7) is 7.04. The van der Waals surface area contributed by atoms with Gasteiger partial charge >= 0.3 is 0 Å². The lowest BCUT2D eigenvalue weighted by Gasteiger charge is -2.31. The minimum absolute atomic E-state index is 0.184. The molecule has 0 saturated carbocycles. The molecular formula is C18H31N5O. The van der Waals surface area contributed by atoms with Crippen molar-refractivity contribution >= 4 is 5.91 Å². The first-order valence-electron chi connectivity index (χ1n) is 9.41. The van der Waals surface area contributed by atoms with Gasteiger partial charge in [-0.25, -0.2) is 4.98 Å². The summed E-state index contributed by atoms with van der Waals surface area (Å²) in [5.74, 6) is 1.53. The zero-order valence-corrected chi connectivity index (χ0v) is 14.9. The number of piperidine rings is 2. The third-order valence-electron chi connectivity index (χ3n) is 5.42. The number of aryl methyl sites for hydroxylation is 1. The molecule has 2 fully saturated rings. The molecule has 1 aromatic heterocycles. The van der Waals surface area contributed by atoms with E-state index >= 15 is 0 Å². The number of rotatable bonds is 6. The van der Waals surface area contributed by atoms with E-state index in [1.807, 2.05) is 19.4 Å². The van der Waals surface area contributed by atoms with Crippen molar-refractivity contribution in [1.29, 1.82) is 0 Å². The van der Waals surface area contributed by atoms with Gasteiger partial charge in [-0.2, -0.15) is 0 Å². The highest BCUT2D eigenvalue weighted by Gasteiger charge is 2.25. The molecule has 2 saturated heterocycles. The number of imidazole rings is 1. The number of hydrogen-bond acceptors (Lipinski definition) is 4.